The van der Waals surface area contributed by atoms with E-state index in [0.29, 0.717) is 26.1 Å². The van der Waals surface area contributed by atoms with Gasteiger partial charge < -0.3 is 14.9 Å². The lowest BCUT2D eigenvalue weighted by Crippen LogP contribution is -2.45. The number of piperidine rings is 1. The van der Waals surface area contributed by atoms with Crippen LogP contribution in [0.1, 0.15) is 37.7 Å². The van der Waals surface area contributed by atoms with E-state index in [0.717, 1.165) is 31.2 Å². The van der Waals surface area contributed by atoms with Crippen LogP contribution in [0.2, 0.25) is 0 Å². The Morgan fingerprint density at radius 1 is 1.22 bits per heavy atom. The highest BCUT2D eigenvalue weighted by Crippen LogP contribution is 2.44. The second-order valence-corrected chi connectivity index (χ2v) is 8.22. The van der Waals surface area contributed by atoms with Crippen molar-refractivity contribution < 1.29 is 19.5 Å². The molecule has 2 amide bonds. The fraction of sp³-hybridized carbons (Fsp3) is 0.600. The van der Waals surface area contributed by atoms with Crippen LogP contribution in [-0.2, 0) is 20.8 Å². The number of carboxylic acids is 1. The van der Waals surface area contributed by atoms with Gasteiger partial charge in [-0.05, 0) is 49.1 Å². The third kappa shape index (κ3) is 3.68. The Bertz CT molecular complexity index is 739. The van der Waals surface area contributed by atoms with Crippen LogP contribution in [0.4, 0.5) is 0 Å². The zero-order chi connectivity index (χ0) is 19.0. The fourth-order valence-electron chi connectivity index (χ4n) is 4.47. The van der Waals surface area contributed by atoms with Crippen LogP contribution in [0.25, 0.3) is 0 Å². The number of hydrogen-bond donors (Lipinski definition) is 1. The summed E-state index contributed by atoms with van der Waals surface area (Å²) in [5.74, 6) is -0.638. The summed E-state index contributed by atoms with van der Waals surface area (Å²) in [6, 6.07) is 2.82. The third-order valence-corrected chi connectivity index (χ3v) is 6.25. The number of aliphatic carboxylic acids is 1. The molecule has 1 aromatic rings. The number of hydrogen-bond acceptors (Lipinski definition) is 4. The molecule has 3 heterocycles. The third-order valence-electron chi connectivity index (χ3n) is 6.25. The van der Waals surface area contributed by atoms with Crippen molar-refractivity contribution in [2.24, 2.45) is 11.3 Å². The van der Waals surface area contributed by atoms with Gasteiger partial charge in [0.25, 0.3) is 0 Å². The maximum Gasteiger partial charge on any atom is 0.326 e. The smallest absolute Gasteiger partial charge is 0.326 e. The molecule has 3 fully saturated rings. The summed E-state index contributed by atoms with van der Waals surface area (Å²) in [4.78, 5) is 44.3. The number of pyridine rings is 1. The Hall–Kier alpha value is -2.44. The van der Waals surface area contributed by atoms with Crippen molar-refractivity contribution >= 4 is 17.8 Å². The lowest BCUT2D eigenvalue weighted by Gasteiger charge is -2.39. The van der Waals surface area contributed by atoms with E-state index < -0.39 is 12.0 Å². The molecule has 27 heavy (non-hydrogen) atoms. The van der Waals surface area contributed by atoms with Gasteiger partial charge in [-0.3, -0.25) is 14.6 Å². The first-order valence-electron chi connectivity index (χ1n) is 9.67. The van der Waals surface area contributed by atoms with Gasteiger partial charge in [-0.15, -0.1) is 0 Å². The average molecular weight is 371 g/mol. The molecule has 1 aromatic heterocycles. The van der Waals surface area contributed by atoms with E-state index in [2.05, 4.69) is 4.98 Å². The van der Waals surface area contributed by atoms with Crippen LogP contribution in [0, 0.1) is 11.3 Å². The summed E-state index contributed by atoms with van der Waals surface area (Å²) >= 11 is 0. The van der Waals surface area contributed by atoms with E-state index in [4.69, 9.17) is 0 Å². The average Bonchev–Trinajstić information content (AvgIpc) is 3.45. The van der Waals surface area contributed by atoms with Gasteiger partial charge in [-0.25, -0.2) is 4.79 Å². The largest absolute Gasteiger partial charge is 0.480 e. The Labute approximate surface area is 158 Å². The molecule has 2 saturated heterocycles. The van der Waals surface area contributed by atoms with Crippen molar-refractivity contribution in [1.82, 2.24) is 14.8 Å². The van der Waals surface area contributed by atoms with Crippen molar-refractivity contribution in [1.29, 1.82) is 0 Å². The summed E-state index contributed by atoms with van der Waals surface area (Å²) in [7, 11) is 0. The molecule has 7 nitrogen and oxygen atoms in total. The summed E-state index contributed by atoms with van der Waals surface area (Å²) in [6.45, 7) is 1.81. The van der Waals surface area contributed by atoms with E-state index in [1.807, 2.05) is 11.0 Å². The van der Waals surface area contributed by atoms with E-state index in [1.54, 1.807) is 18.5 Å². The van der Waals surface area contributed by atoms with Gasteiger partial charge in [0, 0.05) is 37.9 Å². The second kappa shape index (κ2) is 6.94. The minimum absolute atomic E-state index is 0.163. The Morgan fingerprint density at radius 2 is 1.96 bits per heavy atom. The Balaban J connectivity index is 1.43. The molecule has 4 rings (SSSR count). The summed E-state index contributed by atoms with van der Waals surface area (Å²) in [5.41, 5.74) is 0.603. The maximum atomic E-state index is 12.8. The Morgan fingerprint density at radius 3 is 2.56 bits per heavy atom. The first-order valence-corrected chi connectivity index (χ1v) is 9.67. The number of rotatable bonds is 4. The van der Waals surface area contributed by atoms with E-state index in [1.165, 1.54) is 4.90 Å². The zero-order valence-corrected chi connectivity index (χ0v) is 15.3. The zero-order valence-electron chi connectivity index (χ0n) is 15.3. The molecule has 0 radical (unpaired) electrons. The molecule has 1 spiro atoms. The summed E-state index contributed by atoms with van der Waals surface area (Å²) < 4.78 is 0. The number of carbonyl (C=O) groups excluding carboxylic acids is 2. The van der Waals surface area contributed by atoms with Crippen molar-refractivity contribution in [3.63, 3.8) is 0 Å². The molecule has 1 N–H and O–H groups in total. The lowest BCUT2D eigenvalue weighted by atomic mass is 9.76. The lowest BCUT2D eigenvalue weighted by molar-refractivity contribution is -0.148. The molecule has 2 aliphatic heterocycles. The quantitative estimate of drug-likeness (QED) is 0.862. The van der Waals surface area contributed by atoms with Crippen molar-refractivity contribution in [2.45, 2.75) is 44.6 Å². The normalized spacial score (nSPS) is 24.2. The van der Waals surface area contributed by atoms with Crippen LogP contribution in [-0.4, -0.2) is 63.4 Å². The predicted molar refractivity (Wildman–Crippen MR) is 96.7 cm³/mol. The van der Waals surface area contributed by atoms with Crippen LogP contribution >= 0.6 is 0 Å². The number of amides is 2. The first kappa shape index (κ1) is 17.9. The fourth-order valence-corrected chi connectivity index (χ4v) is 4.47. The molecular formula is C20H25N3O4. The molecule has 0 bridgehead atoms. The number of carbonyl (C=O) groups is 3. The number of nitrogens with zero attached hydrogens (tertiary/aromatic N) is 3. The molecule has 1 aliphatic carbocycles. The molecule has 144 valence electrons. The Kier molecular flexibility index (Phi) is 4.61. The molecule has 7 heteroatoms. The molecule has 3 aliphatic rings. The van der Waals surface area contributed by atoms with Gasteiger partial charge in [0.1, 0.15) is 6.04 Å². The monoisotopic (exact) mass is 371 g/mol. The SMILES string of the molecule is O=C(O)[C@H]1CC2(CCN(C(=O)C3CC3)CC2)CN1C(=O)Cc1cccnc1. The standard InChI is InChI=1S/C20H25N3O4/c24-17(10-14-2-1-7-21-12-14)23-13-20(11-16(23)19(26)27)5-8-22(9-6-20)18(25)15-3-4-15/h1-2,7,12,15-16H,3-6,8-11,13H2,(H,26,27)/t16-/m1/s1. The molecule has 1 atom stereocenters. The molecule has 0 aromatic carbocycles. The highest BCUT2D eigenvalue weighted by atomic mass is 16.4. The topological polar surface area (TPSA) is 90.8 Å². The number of likely N-dealkylation sites (tertiary alicyclic amines) is 2. The summed E-state index contributed by atoms with van der Waals surface area (Å²) in [5, 5.41) is 9.66. The van der Waals surface area contributed by atoms with Gasteiger partial charge in [0.2, 0.25) is 11.8 Å². The van der Waals surface area contributed by atoms with E-state index >= 15 is 0 Å². The molecule has 1 saturated carbocycles. The van der Waals surface area contributed by atoms with Gasteiger partial charge in [-0.2, -0.15) is 0 Å². The molecular weight excluding hydrogens is 346 g/mol. The van der Waals surface area contributed by atoms with Crippen molar-refractivity contribution in [3.05, 3.63) is 30.1 Å². The minimum atomic E-state index is -0.942. The van der Waals surface area contributed by atoms with E-state index in [-0.39, 0.29) is 29.6 Å². The van der Waals surface area contributed by atoms with Gasteiger partial charge in [-0.1, -0.05) is 6.07 Å². The van der Waals surface area contributed by atoms with Crippen LogP contribution < -0.4 is 0 Å². The highest BCUT2D eigenvalue weighted by Gasteiger charge is 2.50. The predicted octanol–water partition coefficient (Wildman–Crippen LogP) is 1.33. The van der Waals surface area contributed by atoms with E-state index in [9.17, 15) is 19.5 Å². The number of aromatic nitrogens is 1. The van der Waals surface area contributed by atoms with Gasteiger partial charge in [0.05, 0.1) is 6.42 Å². The van der Waals surface area contributed by atoms with Crippen LogP contribution in [0.5, 0.6) is 0 Å². The first-order chi connectivity index (χ1) is 13.0. The maximum absolute atomic E-state index is 12.8. The van der Waals surface area contributed by atoms with Gasteiger partial charge in [0.15, 0.2) is 0 Å². The van der Waals surface area contributed by atoms with Gasteiger partial charge >= 0.3 is 5.97 Å². The second-order valence-electron chi connectivity index (χ2n) is 8.22. The minimum Gasteiger partial charge on any atom is -0.480 e. The van der Waals surface area contributed by atoms with Crippen molar-refractivity contribution in [2.75, 3.05) is 19.6 Å². The van der Waals surface area contributed by atoms with Crippen LogP contribution in [0.15, 0.2) is 24.5 Å². The summed E-state index contributed by atoms with van der Waals surface area (Å²) in [6.07, 6.45) is 7.47. The van der Waals surface area contributed by atoms with Crippen molar-refractivity contribution in [3.8, 4) is 0 Å². The van der Waals surface area contributed by atoms with Crippen LogP contribution in [0.3, 0.4) is 0 Å². The molecule has 0 unspecified atom stereocenters. The number of carboxylic acid groups (broad SMARTS) is 1. The highest BCUT2D eigenvalue weighted by molar-refractivity contribution is 5.86.